The Morgan fingerprint density at radius 1 is 1.35 bits per heavy atom. The van der Waals surface area contributed by atoms with Gasteiger partial charge in [-0.2, -0.15) is 0 Å². The van der Waals surface area contributed by atoms with E-state index < -0.39 is 10.0 Å². The zero-order valence-electron chi connectivity index (χ0n) is 11.5. The van der Waals surface area contributed by atoms with Crippen molar-refractivity contribution in [3.8, 4) is 0 Å². The van der Waals surface area contributed by atoms with Crippen molar-refractivity contribution in [1.82, 2.24) is 14.9 Å². The smallest absolute Gasteiger partial charge is 0.240 e. The van der Waals surface area contributed by atoms with Gasteiger partial charge in [0.2, 0.25) is 10.0 Å². The van der Waals surface area contributed by atoms with E-state index >= 15 is 0 Å². The molecule has 5 nitrogen and oxygen atoms in total. The Kier molecular flexibility index (Phi) is 5.40. The number of nitrogens with zero attached hydrogens (tertiary/aromatic N) is 1. The molecule has 0 bridgehead atoms. The van der Waals surface area contributed by atoms with Crippen LogP contribution >= 0.6 is 11.6 Å². The number of sulfonamides is 1. The van der Waals surface area contributed by atoms with E-state index in [2.05, 4.69) is 14.9 Å². The van der Waals surface area contributed by atoms with Gasteiger partial charge in [-0.25, -0.2) is 13.1 Å². The zero-order valence-corrected chi connectivity index (χ0v) is 13.1. The van der Waals surface area contributed by atoms with Crippen molar-refractivity contribution in [3.05, 3.63) is 28.8 Å². The van der Waals surface area contributed by atoms with Gasteiger partial charge in [0.25, 0.3) is 0 Å². The van der Waals surface area contributed by atoms with Crippen molar-refractivity contribution in [2.75, 3.05) is 39.3 Å². The predicted molar refractivity (Wildman–Crippen MR) is 80.7 cm³/mol. The Labute approximate surface area is 125 Å². The van der Waals surface area contributed by atoms with Crippen LogP contribution in [-0.4, -0.2) is 52.6 Å². The zero-order chi connectivity index (χ0) is 14.6. The fourth-order valence-electron chi connectivity index (χ4n) is 2.26. The van der Waals surface area contributed by atoms with Gasteiger partial charge in [-0.15, -0.1) is 0 Å². The van der Waals surface area contributed by atoms with Crippen LogP contribution in [0.2, 0.25) is 5.02 Å². The Morgan fingerprint density at radius 2 is 2.05 bits per heavy atom. The highest BCUT2D eigenvalue weighted by Gasteiger charge is 2.17. The minimum atomic E-state index is -3.46. The normalized spacial score (nSPS) is 17.3. The molecule has 2 N–H and O–H groups in total. The van der Waals surface area contributed by atoms with Crippen LogP contribution in [0.4, 0.5) is 0 Å². The van der Waals surface area contributed by atoms with Crippen LogP contribution < -0.4 is 10.0 Å². The number of nitrogens with one attached hydrogen (secondary N) is 2. The SMILES string of the molecule is Cc1cc(Cl)ccc1S(=O)(=O)NCCN1CCNCC1. The summed E-state index contributed by atoms with van der Waals surface area (Å²) in [5.41, 5.74) is 0.659. The first kappa shape index (κ1) is 15.7. The molecule has 0 aromatic heterocycles. The van der Waals surface area contributed by atoms with E-state index in [1.165, 1.54) is 0 Å². The van der Waals surface area contributed by atoms with E-state index in [1.807, 2.05) is 0 Å². The van der Waals surface area contributed by atoms with Crippen LogP contribution in [0.15, 0.2) is 23.1 Å². The molecule has 1 aromatic rings. The Balaban J connectivity index is 1.93. The summed E-state index contributed by atoms with van der Waals surface area (Å²) < 4.78 is 27.1. The summed E-state index contributed by atoms with van der Waals surface area (Å²) in [6, 6.07) is 4.80. The third-order valence-electron chi connectivity index (χ3n) is 3.36. The van der Waals surface area contributed by atoms with Crippen LogP contribution in [0.1, 0.15) is 5.56 Å². The molecule has 0 saturated carbocycles. The second-order valence-electron chi connectivity index (χ2n) is 4.90. The van der Waals surface area contributed by atoms with Gasteiger partial charge in [-0.05, 0) is 30.7 Å². The van der Waals surface area contributed by atoms with Crippen LogP contribution in [0.3, 0.4) is 0 Å². The maximum atomic E-state index is 12.2. The predicted octanol–water partition coefficient (Wildman–Crippen LogP) is 0.832. The lowest BCUT2D eigenvalue weighted by atomic mass is 10.2. The van der Waals surface area contributed by atoms with Gasteiger partial charge in [0.15, 0.2) is 0 Å². The first-order chi connectivity index (χ1) is 9.49. The topological polar surface area (TPSA) is 61.4 Å². The molecule has 0 spiro atoms. The van der Waals surface area contributed by atoms with Crippen LogP contribution in [-0.2, 0) is 10.0 Å². The average molecular weight is 318 g/mol. The molecule has 0 amide bonds. The largest absolute Gasteiger partial charge is 0.314 e. The van der Waals surface area contributed by atoms with Crippen molar-refractivity contribution in [1.29, 1.82) is 0 Å². The van der Waals surface area contributed by atoms with Crippen molar-refractivity contribution in [2.45, 2.75) is 11.8 Å². The quantitative estimate of drug-likeness (QED) is 0.844. The highest BCUT2D eigenvalue weighted by Crippen LogP contribution is 2.19. The molecule has 1 heterocycles. The van der Waals surface area contributed by atoms with Gasteiger partial charge in [-0.1, -0.05) is 11.6 Å². The Bertz CT molecular complexity index is 557. The van der Waals surface area contributed by atoms with Gasteiger partial charge in [-0.3, -0.25) is 4.90 Å². The van der Waals surface area contributed by atoms with E-state index in [9.17, 15) is 8.42 Å². The molecule has 0 atom stereocenters. The second-order valence-corrected chi connectivity index (χ2v) is 7.07. The van der Waals surface area contributed by atoms with Crippen LogP contribution in [0.5, 0.6) is 0 Å². The van der Waals surface area contributed by atoms with Crippen LogP contribution in [0.25, 0.3) is 0 Å². The maximum absolute atomic E-state index is 12.2. The molecule has 0 aliphatic carbocycles. The first-order valence-electron chi connectivity index (χ1n) is 6.68. The minimum absolute atomic E-state index is 0.294. The lowest BCUT2D eigenvalue weighted by molar-refractivity contribution is 0.245. The van der Waals surface area contributed by atoms with Crippen molar-refractivity contribution >= 4 is 21.6 Å². The summed E-state index contributed by atoms with van der Waals surface area (Å²) in [4.78, 5) is 2.54. The molecule has 1 aromatic carbocycles. The van der Waals surface area contributed by atoms with Gasteiger partial charge < -0.3 is 5.32 Å². The molecule has 20 heavy (non-hydrogen) atoms. The summed E-state index contributed by atoms with van der Waals surface area (Å²) >= 11 is 5.85. The third-order valence-corrected chi connectivity index (χ3v) is 5.21. The molecule has 1 saturated heterocycles. The first-order valence-corrected chi connectivity index (χ1v) is 8.54. The lowest BCUT2D eigenvalue weighted by Crippen LogP contribution is -2.46. The summed E-state index contributed by atoms with van der Waals surface area (Å²) in [6.45, 7) is 6.74. The maximum Gasteiger partial charge on any atom is 0.240 e. The molecule has 0 radical (unpaired) electrons. The molecule has 1 aliphatic rings. The highest BCUT2D eigenvalue weighted by atomic mass is 35.5. The number of benzene rings is 1. The van der Waals surface area contributed by atoms with E-state index in [0.29, 0.717) is 22.0 Å². The number of hydrogen-bond donors (Lipinski definition) is 2. The molecule has 112 valence electrons. The fraction of sp³-hybridized carbons (Fsp3) is 0.538. The standard InChI is InChI=1S/C13H20ClN3O2S/c1-11-10-12(14)2-3-13(11)20(18,19)16-6-9-17-7-4-15-5-8-17/h2-3,10,15-16H,4-9H2,1H3. The summed E-state index contributed by atoms with van der Waals surface area (Å²) in [7, 11) is -3.46. The number of halogens is 1. The minimum Gasteiger partial charge on any atom is -0.314 e. The lowest BCUT2D eigenvalue weighted by Gasteiger charge is -2.27. The van der Waals surface area contributed by atoms with Crippen molar-refractivity contribution < 1.29 is 8.42 Å². The molecule has 0 unspecified atom stereocenters. The van der Waals surface area contributed by atoms with Crippen LogP contribution in [0, 0.1) is 6.92 Å². The van der Waals surface area contributed by atoms with Gasteiger partial charge in [0.05, 0.1) is 4.90 Å². The van der Waals surface area contributed by atoms with E-state index in [4.69, 9.17) is 11.6 Å². The third kappa shape index (κ3) is 4.17. The monoisotopic (exact) mass is 317 g/mol. The number of aryl methyl sites for hydroxylation is 1. The number of rotatable bonds is 5. The number of piperazine rings is 1. The molecular formula is C13H20ClN3O2S. The average Bonchev–Trinajstić information content (AvgIpc) is 2.39. The van der Waals surface area contributed by atoms with E-state index in [1.54, 1.807) is 25.1 Å². The van der Waals surface area contributed by atoms with Gasteiger partial charge >= 0.3 is 0 Å². The fourth-order valence-corrected chi connectivity index (χ4v) is 3.74. The Morgan fingerprint density at radius 3 is 2.70 bits per heavy atom. The molecular weight excluding hydrogens is 298 g/mol. The molecule has 1 aliphatic heterocycles. The Hall–Kier alpha value is -0.660. The van der Waals surface area contributed by atoms with Gasteiger partial charge in [0, 0.05) is 44.3 Å². The number of hydrogen-bond acceptors (Lipinski definition) is 4. The molecule has 2 rings (SSSR count). The van der Waals surface area contributed by atoms with Crippen molar-refractivity contribution in [2.24, 2.45) is 0 Å². The molecule has 7 heteroatoms. The molecule has 1 fully saturated rings. The summed E-state index contributed by atoms with van der Waals surface area (Å²) in [6.07, 6.45) is 0. The van der Waals surface area contributed by atoms with Crippen molar-refractivity contribution in [3.63, 3.8) is 0 Å². The second kappa shape index (κ2) is 6.87. The van der Waals surface area contributed by atoms with E-state index in [0.717, 1.165) is 32.7 Å². The summed E-state index contributed by atoms with van der Waals surface area (Å²) in [5, 5.41) is 3.81. The summed E-state index contributed by atoms with van der Waals surface area (Å²) in [5.74, 6) is 0. The van der Waals surface area contributed by atoms with E-state index in [-0.39, 0.29) is 0 Å². The van der Waals surface area contributed by atoms with Gasteiger partial charge in [0.1, 0.15) is 0 Å². The highest BCUT2D eigenvalue weighted by molar-refractivity contribution is 7.89.